The molecule has 0 atom stereocenters. The molecule has 0 saturated carbocycles. The lowest BCUT2D eigenvalue weighted by Gasteiger charge is -2.11. The molecule has 0 unspecified atom stereocenters. The van der Waals surface area contributed by atoms with Crippen molar-refractivity contribution < 1.29 is 4.79 Å². The summed E-state index contributed by atoms with van der Waals surface area (Å²) in [6.07, 6.45) is 3.25. The van der Waals surface area contributed by atoms with Gasteiger partial charge in [-0.3, -0.25) is 9.78 Å². The summed E-state index contributed by atoms with van der Waals surface area (Å²) in [7, 11) is 0. The van der Waals surface area contributed by atoms with Crippen LogP contribution < -0.4 is 11.1 Å². The summed E-state index contributed by atoms with van der Waals surface area (Å²) >= 11 is 1.47. The summed E-state index contributed by atoms with van der Waals surface area (Å²) in [5.74, 6) is -0.162. The Morgan fingerprint density at radius 3 is 2.58 bits per heavy atom. The van der Waals surface area contributed by atoms with E-state index in [2.05, 4.69) is 15.3 Å². The number of nitrogens with zero attached hydrogens (tertiary/aromatic N) is 2. The molecule has 2 aromatic heterocycles. The molecule has 3 aromatic rings. The minimum Gasteiger partial charge on any atom is -0.375 e. The number of benzene rings is 1. The maximum absolute atomic E-state index is 12.4. The lowest BCUT2D eigenvalue weighted by molar-refractivity contribution is 0.102. The molecule has 2 heterocycles. The number of aryl methyl sites for hydroxylation is 3. The van der Waals surface area contributed by atoms with Crippen LogP contribution in [-0.2, 0) is 0 Å². The van der Waals surface area contributed by atoms with Gasteiger partial charge in [-0.1, -0.05) is 6.07 Å². The number of anilines is 2. The fraction of sp³-hybridized carbons (Fsp3) is 0.167. The largest absolute Gasteiger partial charge is 0.375 e. The third kappa shape index (κ3) is 3.14. The first-order valence-electron chi connectivity index (χ1n) is 7.51. The summed E-state index contributed by atoms with van der Waals surface area (Å²) < 4.78 is 0. The number of nitrogens with two attached hydrogens (primary N) is 1. The molecule has 0 aliphatic carbocycles. The van der Waals surface area contributed by atoms with Gasteiger partial charge in [-0.15, -0.1) is 11.3 Å². The molecule has 3 rings (SSSR count). The van der Waals surface area contributed by atoms with E-state index in [1.165, 1.54) is 11.3 Å². The van der Waals surface area contributed by atoms with E-state index in [1.807, 2.05) is 45.0 Å². The molecule has 0 fully saturated rings. The molecule has 0 radical (unpaired) electrons. The first kappa shape index (κ1) is 16.1. The molecule has 0 aliphatic heterocycles. The highest BCUT2D eigenvalue weighted by atomic mass is 32.1. The normalized spacial score (nSPS) is 10.6. The van der Waals surface area contributed by atoms with Crippen LogP contribution in [0.15, 0.2) is 36.7 Å². The van der Waals surface area contributed by atoms with Gasteiger partial charge in [-0.2, -0.15) is 0 Å². The minimum atomic E-state index is -0.162. The Kier molecular flexibility index (Phi) is 4.31. The van der Waals surface area contributed by atoms with Crippen molar-refractivity contribution in [2.24, 2.45) is 0 Å². The number of aromatic nitrogens is 2. The molecule has 3 N–H and O–H groups in total. The highest BCUT2D eigenvalue weighted by Gasteiger charge is 2.13. The van der Waals surface area contributed by atoms with Crippen LogP contribution in [0.5, 0.6) is 0 Å². The number of carbonyl (C=O) groups excluding carboxylic acids is 1. The lowest BCUT2D eigenvalue weighted by atomic mass is 10.1. The Morgan fingerprint density at radius 1 is 1.17 bits per heavy atom. The van der Waals surface area contributed by atoms with E-state index in [0.29, 0.717) is 10.7 Å². The van der Waals surface area contributed by atoms with Crippen LogP contribution in [0.2, 0.25) is 0 Å². The molecular formula is C18H18N4OS. The second-order valence-corrected chi connectivity index (χ2v) is 6.87. The van der Waals surface area contributed by atoms with Gasteiger partial charge in [-0.25, -0.2) is 4.98 Å². The van der Waals surface area contributed by atoms with Crippen molar-refractivity contribution in [1.82, 2.24) is 9.97 Å². The van der Waals surface area contributed by atoms with Gasteiger partial charge in [0.15, 0.2) is 5.13 Å². The molecular weight excluding hydrogens is 320 g/mol. The quantitative estimate of drug-likeness (QED) is 0.757. The first-order chi connectivity index (χ1) is 11.5. The maximum atomic E-state index is 12.4. The summed E-state index contributed by atoms with van der Waals surface area (Å²) in [6, 6.07) is 7.66. The van der Waals surface area contributed by atoms with Crippen molar-refractivity contribution in [1.29, 1.82) is 0 Å². The minimum absolute atomic E-state index is 0.162. The molecule has 122 valence electrons. The highest BCUT2D eigenvalue weighted by molar-refractivity contribution is 7.15. The summed E-state index contributed by atoms with van der Waals surface area (Å²) in [5.41, 5.74) is 10.9. The number of amides is 1. The standard InChI is InChI=1S/C18H18N4OS/c1-10-6-7-20-9-14(10)17(23)21-15-5-4-13(8-11(15)2)16-12(3)24-18(19)22-16/h4-9H,1-3H3,(H2,19,22)(H,21,23). The van der Waals surface area contributed by atoms with E-state index in [1.54, 1.807) is 12.4 Å². The Labute approximate surface area is 144 Å². The van der Waals surface area contributed by atoms with E-state index in [0.717, 1.165) is 32.9 Å². The van der Waals surface area contributed by atoms with Gasteiger partial charge >= 0.3 is 0 Å². The van der Waals surface area contributed by atoms with Crippen LogP contribution in [0.1, 0.15) is 26.4 Å². The van der Waals surface area contributed by atoms with Gasteiger partial charge < -0.3 is 11.1 Å². The predicted octanol–water partition coefficient (Wildman–Crippen LogP) is 3.96. The van der Waals surface area contributed by atoms with Crippen molar-refractivity contribution in [3.8, 4) is 11.3 Å². The van der Waals surface area contributed by atoms with Crippen LogP contribution in [0.4, 0.5) is 10.8 Å². The van der Waals surface area contributed by atoms with Gasteiger partial charge in [0, 0.05) is 28.5 Å². The molecule has 5 nitrogen and oxygen atoms in total. The van der Waals surface area contributed by atoms with Gasteiger partial charge in [-0.05, 0) is 50.1 Å². The van der Waals surface area contributed by atoms with E-state index in [9.17, 15) is 4.79 Å². The molecule has 1 amide bonds. The van der Waals surface area contributed by atoms with Gasteiger partial charge in [0.25, 0.3) is 5.91 Å². The van der Waals surface area contributed by atoms with Crippen molar-refractivity contribution in [3.63, 3.8) is 0 Å². The molecule has 1 aromatic carbocycles. The summed E-state index contributed by atoms with van der Waals surface area (Å²) in [5, 5.41) is 3.50. The monoisotopic (exact) mass is 338 g/mol. The van der Waals surface area contributed by atoms with Crippen molar-refractivity contribution in [3.05, 3.63) is 58.2 Å². The van der Waals surface area contributed by atoms with E-state index < -0.39 is 0 Å². The summed E-state index contributed by atoms with van der Waals surface area (Å²) in [4.78, 5) is 21.9. The SMILES string of the molecule is Cc1cc(-c2nc(N)sc2C)ccc1NC(=O)c1cnccc1C. The second-order valence-electron chi connectivity index (χ2n) is 5.63. The molecule has 6 heteroatoms. The number of nitrogen functional groups attached to an aromatic ring is 1. The molecule has 0 aliphatic rings. The zero-order valence-corrected chi connectivity index (χ0v) is 14.6. The Balaban J connectivity index is 1.87. The van der Waals surface area contributed by atoms with Crippen LogP contribution in [0.3, 0.4) is 0 Å². The van der Waals surface area contributed by atoms with Crippen LogP contribution in [-0.4, -0.2) is 15.9 Å². The average molecular weight is 338 g/mol. The topological polar surface area (TPSA) is 80.9 Å². The average Bonchev–Trinajstić information content (AvgIpc) is 2.88. The number of rotatable bonds is 3. The van der Waals surface area contributed by atoms with Crippen molar-refractivity contribution >= 4 is 28.1 Å². The number of hydrogen-bond donors (Lipinski definition) is 2. The zero-order chi connectivity index (χ0) is 17.3. The number of carbonyl (C=O) groups is 1. The number of nitrogens with one attached hydrogen (secondary N) is 1. The lowest BCUT2D eigenvalue weighted by Crippen LogP contribution is -2.14. The zero-order valence-electron chi connectivity index (χ0n) is 13.8. The second kappa shape index (κ2) is 6.41. The third-order valence-electron chi connectivity index (χ3n) is 3.84. The van der Waals surface area contributed by atoms with Gasteiger partial charge in [0.1, 0.15) is 0 Å². The molecule has 0 spiro atoms. The Bertz CT molecular complexity index is 917. The fourth-order valence-electron chi connectivity index (χ4n) is 2.53. The van der Waals surface area contributed by atoms with Crippen molar-refractivity contribution in [2.45, 2.75) is 20.8 Å². The predicted molar refractivity (Wildman–Crippen MR) is 98.4 cm³/mol. The van der Waals surface area contributed by atoms with Crippen LogP contribution >= 0.6 is 11.3 Å². The van der Waals surface area contributed by atoms with Gasteiger partial charge in [0.2, 0.25) is 0 Å². The smallest absolute Gasteiger partial charge is 0.257 e. The van der Waals surface area contributed by atoms with E-state index >= 15 is 0 Å². The fourth-order valence-corrected chi connectivity index (χ4v) is 3.24. The van der Waals surface area contributed by atoms with E-state index in [4.69, 9.17) is 5.73 Å². The van der Waals surface area contributed by atoms with Crippen LogP contribution in [0.25, 0.3) is 11.3 Å². The summed E-state index contributed by atoms with van der Waals surface area (Å²) in [6.45, 7) is 5.85. The van der Waals surface area contributed by atoms with Crippen molar-refractivity contribution in [2.75, 3.05) is 11.1 Å². The number of hydrogen-bond acceptors (Lipinski definition) is 5. The Morgan fingerprint density at radius 2 is 1.96 bits per heavy atom. The maximum Gasteiger partial charge on any atom is 0.257 e. The molecule has 0 saturated heterocycles. The third-order valence-corrected chi connectivity index (χ3v) is 4.64. The Hall–Kier alpha value is -2.73. The van der Waals surface area contributed by atoms with E-state index in [-0.39, 0.29) is 5.91 Å². The number of thiazole rings is 1. The van der Waals surface area contributed by atoms with Crippen LogP contribution in [0, 0.1) is 20.8 Å². The molecule has 24 heavy (non-hydrogen) atoms. The highest BCUT2D eigenvalue weighted by Crippen LogP contribution is 2.31. The molecule has 0 bridgehead atoms. The first-order valence-corrected chi connectivity index (χ1v) is 8.33. The van der Waals surface area contributed by atoms with Gasteiger partial charge in [0.05, 0.1) is 11.3 Å². The number of pyridine rings is 1.